The van der Waals surface area contributed by atoms with E-state index in [1.54, 1.807) is 11.5 Å². The van der Waals surface area contributed by atoms with Crippen LogP contribution in [0, 0.1) is 17.0 Å². The number of nitrogens with one attached hydrogen (secondary N) is 1. The fraction of sp³-hybridized carbons (Fsp3) is 0.667. The van der Waals surface area contributed by atoms with Crippen molar-refractivity contribution in [2.24, 2.45) is 0 Å². The SMILES string of the molecule is Br.Cc1nc([N+](=O)[O-])cn1CC(O)CNCCBr. The quantitative estimate of drug-likeness (QED) is 0.315. The van der Waals surface area contributed by atoms with Crippen LogP contribution in [-0.4, -0.2) is 44.1 Å². The topological polar surface area (TPSA) is 93.2 Å². The molecule has 0 aliphatic carbocycles. The zero-order chi connectivity index (χ0) is 12.8. The Kier molecular flexibility index (Phi) is 8.32. The normalized spacial score (nSPS) is 11.9. The summed E-state index contributed by atoms with van der Waals surface area (Å²) in [5, 5.41) is 24.1. The predicted molar refractivity (Wildman–Crippen MR) is 76.6 cm³/mol. The second-order valence-electron chi connectivity index (χ2n) is 3.60. The van der Waals surface area contributed by atoms with E-state index in [1.165, 1.54) is 6.20 Å². The van der Waals surface area contributed by atoms with Crippen LogP contribution in [0.25, 0.3) is 0 Å². The summed E-state index contributed by atoms with van der Waals surface area (Å²) in [7, 11) is 0. The van der Waals surface area contributed by atoms with E-state index in [-0.39, 0.29) is 22.8 Å². The Morgan fingerprint density at radius 3 is 2.89 bits per heavy atom. The Morgan fingerprint density at radius 2 is 2.39 bits per heavy atom. The lowest BCUT2D eigenvalue weighted by Gasteiger charge is -2.11. The molecule has 0 bridgehead atoms. The van der Waals surface area contributed by atoms with Gasteiger partial charge in [-0.25, -0.2) is 0 Å². The zero-order valence-electron chi connectivity index (χ0n) is 9.87. The molecule has 0 spiro atoms. The highest BCUT2D eigenvalue weighted by Crippen LogP contribution is 2.10. The summed E-state index contributed by atoms with van der Waals surface area (Å²) >= 11 is 3.26. The minimum atomic E-state index is -0.596. The van der Waals surface area contributed by atoms with Crippen LogP contribution in [0.2, 0.25) is 0 Å². The Morgan fingerprint density at radius 1 is 1.72 bits per heavy atom. The minimum Gasteiger partial charge on any atom is -0.390 e. The first kappa shape index (κ1) is 17.5. The molecule has 0 amide bonds. The number of imidazole rings is 1. The Hall–Kier alpha value is -0.510. The molecule has 0 aliphatic rings. The molecule has 7 nitrogen and oxygen atoms in total. The molecular formula is C9H16Br2N4O3. The highest BCUT2D eigenvalue weighted by atomic mass is 79.9. The largest absolute Gasteiger partial charge is 0.390 e. The maximum atomic E-state index is 10.5. The molecule has 1 aromatic heterocycles. The summed E-state index contributed by atoms with van der Waals surface area (Å²) in [6.07, 6.45) is 0.741. The van der Waals surface area contributed by atoms with E-state index in [9.17, 15) is 15.2 Å². The van der Waals surface area contributed by atoms with E-state index in [0.29, 0.717) is 18.9 Å². The van der Waals surface area contributed by atoms with Crippen LogP contribution in [0.3, 0.4) is 0 Å². The minimum absolute atomic E-state index is 0. The average Bonchev–Trinajstić information content (AvgIpc) is 2.61. The summed E-state index contributed by atoms with van der Waals surface area (Å²) < 4.78 is 1.58. The number of alkyl halides is 1. The summed E-state index contributed by atoms with van der Waals surface area (Å²) in [6, 6.07) is 0. The van der Waals surface area contributed by atoms with E-state index in [4.69, 9.17) is 0 Å². The van der Waals surface area contributed by atoms with Gasteiger partial charge in [-0.2, -0.15) is 0 Å². The van der Waals surface area contributed by atoms with Crippen molar-refractivity contribution in [1.29, 1.82) is 0 Å². The number of halogens is 2. The Labute approximate surface area is 124 Å². The average molecular weight is 388 g/mol. The number of nitrogens with zero attached hydrogens (tertiary/aromatic N) is 3. The summed E-state index contributed by atoms with van der Waals surface area (Å²) in [5.74, 6) is 0.333. The zero-order valence-corrected chi connectivity index (χ0v) is 13.2. The third-order valence-corrected chi connectivity index (χ3v) is 2.61. The number of aliphatic hydroxyl groups excluding tert-OH is 1. The third kappa shape index (κ3) is 5.42. The molecule has 0 radical (unpaired) electrons. The second kappa shape index (κ2) is 8.57. The molecule has 0 fully saturated rings. The second-order valence-corrected chi connectivity index (χ2v) is 4.40. The van der Waals surface area contributed by atoms with E-state index in [1.807, 2.05) is 0 Å². The maximum Gasteiger partial charge on any atom is 0.381 e. The number of nitro groups is 1. The van der Waals surface area contributed by atoms with Gasteiger partial charge in [0.25, 0.3) is 0 Å². The standard InChI is InChI=1S/C9H15BrN4O3.BrH/c1-7-12-9(14(16)17)6-13(7)5-8(15)4-11-3-2-10;/h6,8,11,15H,2-5H2,1H3;1H. The van der Waals surface area contributed by atoms with Gasteiger partial charge in [0.1, 0.15) is 6.20 Å². The lowest BCUT2D eigenvalue weighted by molar-refractivity contribution is -0.389. The lowest BCUT2D eigenvalue weighted by Crippen LogP contribution is -2.31. The number of aromatic nitrogens is 2. The molecule has 0 saturated heterocycles. The Bertz CT molecular complexity index is 386. The molecular weight excluding hydrogens is 372 g/mol. The Balaban J connectivity index is 0.00000289. The third-order valence-electron chi connectivity index (χ3n) is 2.21. The highest BCUT2D eigenvalue weighted by molar-refractivity contribution is 9.09. The fourth-order valence-electron chi connectivity index (χ4n) is 1.39. The molecule has 1 rings (SSSR count). The summed E-state index contributed by atoms with van der Waals surface area (Å²) in [6.45, 7) is 3.17. The molecule has 0 saturated carbocycles. The van der Waals surface area contributed by atoms with Crippen LogP contribution < -0.4 is 5.32 Å². The molecule has 0 aromatic carbocycles. The van der Waals surface area contributed by atoms with Gasteiger partial charge in [0.2, 0.25) is 5.82 Å². The first-order valence-electron chi connectivity index (χ1n) is 5.17. The lowest BCUT2D eigenvalue weighted by atomic mass is 10.3. The van der Waals surface area contributed by atoms with Crippen molar-refractivity contribution in [2.75, 3.05) is 18.4 Å². The van der Waals surface area contributed by atoms with E-state index in [0.717, 1.165) is 11.9 Å². The van der Waals surface area contributed by atoms with Gasteiger partial charge >= 0.3 is 5.82 Å². The predicted octanol–water partition coefficient (Wildman–Crippen LogP) is 1.02. The van der Waals surface area contributed by atoms with Gasteiger partial charge in [-0.15, -0.1) is 17.0 Å². The fourth-order valence-corrected chi connectivity index (χ4v) is 1.67. The van der Waals surface area contributed by atoms with Crippen LogP contribution in [0.15, 0.2) is 6.20 Å². The highest BCUT2D eigenvalue weighted by Gasteiger charge is 2.16. The number of aryl methyl sites for hydroxylation is 1. The number of hydrogen-bond donors (Lipinski definition) is 2. The van der Waals surface area contributed by atoms with Crippen LogP contribution in [0.4, 0.5) is 5.82 Å². The van der Waals surface area contributed by atoms with Crippen molar-refractivity contribution >= 4 is 38.7 Å². The van der Waals surface area contributed by atoms with Crippen LogP contribution in [-0.2, 0) is 6.54 Å². The van der Waals surface area contributed by atoms with Crippen molar-refractivity contribution in [2.45, 2.75) is 19.6 Å². The van der Waals surface area contributed by atoms with Crippen molar-refractivity contribution in [3.05, 3.63) is 22.1 Å². The molecule has 2 N–H and O–H groups in total. The van der Waals surface area contributed by atoms with Crippen molar-refractivity contribution in [3.63, 3.8) is 0 Å². The molecule has 1 atom stereocenters. The molecule has 1 aromatic rings. The van der Waals surface area contributed by atoms with Crippen molar-refractivity contribution in [1.82, 2.24) is 14.9 Å². The first-order chi connectivity index (χ1) is 8.04. The van der Waals surface area contributed by atoms with E-state index >= 15 is 0 Å². The number of hydrogen-bond acceptors (Lipinski definition) is 5. The van der Waals surface area contributed by atoms with E-state index in [2.05, 4.69) is 26.2 Å². The van der Waals surface area contributed by atoms with Crippen LogP contribution in [0.5, 0.6) is 0 Å². The van der Waals surface area contributed by atoms with Gasteiger partial charge in [-0.3, -0.25) is 0 Å². The first-order valence-corrected chi connectivity index (χ1v) is 6.29. The summed E-state index contributed by atoms with van der Waals surface area (Å²) in [5.41, 5.74) is 0. The molecule has 18 heavy (non-hydrogen) atoms. The molecule has 9 heteroatoms. The van der Waals surface area contributed by atoms with Gasteiger partial charge in [0.05, 0.1) is 12.6 Å². The van der Waals surface area contributed by atoms with Gasteiger partial charge in [0, 0.05) is 25.3 Å². The van der Waals surface area contributed by atoms with Gasteiger partial charge in [-0.05, 0) is 9.91 Å². The van der Waals surface area contributed by atoms with Gasteiger partial charge in [-0.1, -0.05) is 15.9 Å². The number of rotatable bonds is 7. The summed E-state index contributed by atoms with van der Waals surface area (Å²) in [4.78, 5) is 13.8. The monoisotopic (exact) mass is 386 g/mol. The molecule has 0 aliphatic heterocycles. The smallest absolute Gasteiger partial charge is 0.381 e. The van der Waals surface area contributed by atoms with E-state index < -0.39 is 11.0 Å². The van der Waals surface area contributed by atoms with Crippen molar-refractivity contribution in [3.8, 4) is 0 Å². The maximum absolute atomic E-state index is 10.5. The van der Waals surface area contributed by atoms with Gasteiger partial charge < -0.3 is 25.1 Å². The van der Waals surface area contributed by atoms with Crippen molar-refractivity contribution < 1.29 is 10.0 Å². The number of aliphatic hydroxyl groups is 1. The van der Waals surface area contributed by atoms with Crippen LogP contribution in [0.1, 0.15) is 5.82 Å². The molecule has 104 valence electrons. The van der Waals surface area contributed by atoms with Crippen LogP contribution >= 0.6 is 32.9 Å². The molecule has 1 heterocycles. The van der Waals surface area contributed by atoms with Gasteiger partial charge in [0.15, 0.2) is 0 Å². The molecule has 1 unspecified atom stereocenters.